The fraction of sp³-hybridized carbons (Fsp3) is 1.00. The van der Waals surface area contributed by atoms with E-state index in [-0.39, 0.29) is 0 Å². The monoisotopic (exact) mass is 298 g/mol. The molecule has 4 N–H and O–H groups in total. The maximum atomic E-state index is 11.3. The molecule has 9 nitrogen and oxygen atoms in total. The van der Waals surface area contributed by atoms with E-state index in [1.54, 1.807) is 0 Å². The molecule has 0 aliphatic carbocycles. The predicted octanol–water partition coefficient (Wildman–Crippen LogP) is -2.00. The van der Waals surface area contributed by atoms with Gasteiger partial charge in [-0.2, -0.15) is 0 Å². The molecule has 1 fully saturated rings. The number of rotatable bonds is 5. The second-order valence-electron chi connectivity index (χ2n) is 3.53. The first-order valence-corrected chi connectivity index (χ1v) is 7.73. The van der Waals surface area contributed by atoms with Gasteiger partial charge in [-0.1, -0.05) is 0 Å². The molecule has 5 atom stereocenters. The summed E-state index contributed by atoms with van der Waals surface area (Å²) in [7, 11) is 0.552. The molecule has 13 heteroatoms. The Labute approximate surface area is 105 Å². The van der Waals surface area contributed by atoms with Gasteiger partial charge in [-0.3, -0.25) is 4.57 Å². The van der Waals surface area contributed by atoms with E-state index in [0.717, 1.165) is 0 Å². The number of hydrogen-bond donors (Lipinski definition) is 4. The summed E-state index contributed by atoms with van der Waals surface area (Å²) in [4.78, 5) is 16.8. The van der Waals surface area contributed by atoms with Gasteiger partial charge in [0, 0.05) is 6.00 Å². The number of aliphatic hydroxyl groups excluding tert-OH is 2. The predicted molar refractivity (Wildman–Crippen MR) is 58.9 cm³/mol. The van der Waals surface area contributed by atoms with Gasteiger partial charge < -0.3 is 29.3 Å². The summed E-state index contributed by atoms with van der Waals surface area (Å²) in [6, 6.07) is -1.16. The average molecular weight is 298 g/mol. The van der Waals surface area contributed by atoms with Crippen molar-refractivity contribution in [3.8, 4) is 0 Å². The quantitative estimate of drug-likeness (QED) is 0.335. The Morgan fingerprint density at radius 3 is 2.17 bits per heavy atom. The van der Waals surface area contributed by atoms with Gasteiger partial charge in [0.1, 0.15) is 20.1 Å². The highest BCUT2D eigenvalue weighted by molar-refractivity contribution is 7.83. The molecular formula is C5H10B2O9P2. The Bertz CT molecular complexity index is 385. The van der Waals surface area contributed by atoms with E-state index in [9.17, 15) is 19.3 Å². The van der Waals surface area contributed by atoms with Gasteiger partial charge >= 0.3 is 7.82 Å². The highest BCUT2D eigenvalue weighted by Crippen LogP contribution is 2.57. The summed E-state index contributed by atoms with van der Waals surface area (Å²) in [6.07, 6.45) is -3.92. The molecule has 2 unspecified atom stereocenters. The molecule has 0 saturated carbocycles. The first kappa shape index (κ1) is 16.4. The second-order valence-corrected chi connectivity index (χ2v) is 6.50. The van der Waals surface area contributed by atoms with Crippen molar-refractivity contribution in [3.63, 3.8) is 0 Å². The molecule has 1 aliphatic rings. The third-order valence-corrected chi connectivity index (χ3v) is 4.31. The van der Waals surface area contributed by atoms with Crippen LogP contribution in [0, 0.1) is 0 Å². The lowest BCUT2D eigenvalue weighted by molar-refractivity contribution is -0.00368. The van der Waals surface area contributed by atoms with Crippen molar-refractivity contribution in [2.24, 2.45) is 0 Å². The van der Waals surface area contributed by atoms with E-state index >= 15 is 0 Å². The third-order valence-electron chi connectivity index (χ3n) is 2.04. The highest BCUT2D eigenvalue weighted by atomic mass is 31.3. The number of aliphatic hydroxyl groups is 2. The van der Waals surface area contributed by atoms with Gasteiger partial charge in [0.15, 0.2) is 0 Å². The largest absolute Gasteiger partial charge is 0.476 e. The molecule has 0 aromatic carbocycles. The zero-order valence-electron chi connectivity index (χ0n) is 8.90. The molecule has 0 aromatic heterocycles. The molecule has 0 amide bonds. The van der Waals surface area contributed by atoms with Crippen molar-refractivity contribution in [1.29, 1.82) is 0 Å². The van der Waals surface area contributed by atoms with Gasteiger partial charge in [0.05, 0.1) is 12.7 Å². The van der Waals surface area contributed by atoms with E-state index < -0.39 is 46.2 Å². The van der Waals surface area contributed by atoms with Crippen LogP contribution in [0.4, 0.5) is 0 Å². The van der Waals surface area contributed by atoms with Crippen LogP contribution in [0.5, 0.6) is 0 Å². The highest BCUT2D eigenvalue weighted by Gasteiger charge is 2.41. The number of ether oxygens (including phenoxy) is 1. The minimum Gasteiger partial charge on any atom is -0.388 e. The topological polar surface area (TPSA) is 143 Å². The summed E-state index contributed by atoms with van der Waals surface area (Å²) in [6.45, 7) is -0.625. The molecule has 0 bridgehead atoms. The van der Waals surface area contributed by atoms with Crippen molar-refractivity contribution in [2.75, 3.05) is 6.61 Å². The summed E-state index contributed by atoms with van der Waals surface area (Å²) in [5, 5.41) is 18.6. The Kier molecular flexibility index (Phi) is 5.22. The van der Waals surface area contributed by atoms with Gasteiger partial charge in [-0.15, -0.1) is 0 Å². The van der Waals surface area contributed by atoms with E-state index in [2.05, 4.69) is 8.83 Å². The Balaban J connectivity index is 2.51. The van der Waals surface area contributed by atoms with Crippen LogP contribution < -0.4 is 0 Å². The van der Waals surface area contributed by atoms with E-state index in [1.165, 1.54) is 0 Å². The maximum Gasteiger partial charge on any atom is 0.476 e. The SMILES string of the molecule is [B][C@@H]1OC(COP([B])(=O)OP(=O)(O)O)[C@@H](O)[C@H]1O. The smallest absolute Gasteiger partial charge is 0.388 e. The van der Waals surface area contributed by atoms with Gasteiger partial charge in [-0.25, -0.2) is 8.88 Å². The Morgan fingerprint density at radius 1 is 1.22 bits per heavy atom. The zero-order valence-corrected chi connectivity index (χ0v) is 10.7. The lowest BCUT2D eigenvalue weighted by Gasteiger charge is -2.19. The zero-order chi connectivity index (χ0) is 14.1. The van der Waals surface area contributed by atoms with E-state index in [0.29, 0.717) is 0 Å². The van der Waals surface area contributed by atoms with Crippen LogP contribution in [-0.2, 0) is 22.7 Å². The van der Waals surface area contributed by atoms with Gasteiger partial charge in [0.2, 0.25) is 7.57 Å². The van der Waals surface area contributed by atoms with E-state index in [4.69, 9.17) is 29.9 Å². The van der Waals surface area contributed by atoms with Crippen LogP contribution >= 0.6 is 15.3 Å². The summed E-state index contributed by atoms with van der Waals surface area (Å²) in [5.74, 6) is 0. The molecule has 0 aromatic rings. The molecular weight excluding hydrogens is 288 g/mol. The van der Waals surface area contributed by atoms with Crippen molar-refractivity contribution < 1.29 is 42.7 Å². The minimum absolute atomic E-state index is 0.625. The summed E-state index contributed by atoms with van der Waals surface area (Å²) >= 11 is 0. The molecule has 100 valence electrons. The van der Waals surface area contributed by atoms with Crippen LogP contribution in [0.3, 0.4) is 0 Å². The van der Waals surface area contributed by atoms with Gasteiger partial charge in [-0.05, 0) is 0 Å². The van der Waals surface area contributed by atoms with Crippen LogP contribution in [0.2, 0.25) is 0 Å². The molecule has 1 rings (SSSR count). The maximum absolute atomic E-state index is 11.3. The van der Waals surface area contributed by atoms with Crippen molar-refractivity contribution in [2.45, 2.75) is 24.3 Å². The third kappa shape index (κ3) is 4.77. The lowest BCUT2D eigenvalue weighted by atomic mass is 9.93. The van der Waals surface area contributed by atoms with Crippen molar-refractivity contribution in [3.05, 3.63) is 0 Å². The number of phosphoric acid groups is 1. The summed E-state index contributed by atoms with van der Waals surface area (Å²) < 4.78 is 34.7. The minimum atomic E-state index is -5.08. The van der Waals surface area contributed by atoms with Crippen LogP contribution in [0.1, 0.15) is 0 Å². The first-order valence-electron chi connectivity index (χ1n) is 4.59. The summed E-state index contributed by atoms with van der Waals surface area (Å²) in [5.41, 5.74) is 0. The molecule has 0 spiro atoms. The normalized spacial score (nSPS) is 36.4. The fourth-order valence-corrected chi connectivity index (χ4v) is 2.99. The lowest BCUT2D eigenvalue weighted by Crippen LogP contribution is -2.34. The Hall–Kier alpha value is 0.310. The Morgan fingerprint density at radius 2 is 1.78 bits per heavy atom. The molecule has 4 radical (unpaired) electrons. The van der Waals surface area contributed by atoms with Crippen LogP contribution in [0.15, 0.2) is 0 Å². The number of hydrogen-bond acceptors (Lipinski definition) is 7. The standard InChI is InChI=1S/C5H10B2O9P2/c6-5-4(9)3(8)2(15-5)1-14-17(7,10)16-18(11,12)13/h2-5,8-9H,1H2,(H2,11,12,13)/t2?,3-,4-,5-,17?/m1/s1. The fourth-order valence-electron chi connectivity index (χ4n) is 1.26. The van der Waals surface area contributed by atoms with Gasteiger partial charge in [0.25, 0.3) is 7.47 Å². The molecule has 1 saturated heterocycles. The molecule has 1 aliphatic heterocycles. The molecule has 1 heterocycles. The molecule has 18 heavy (non-hydrogen) atoms. The second kappa shape index (κ2) is 5.75. The van der Waals surface area contributed by atoms with Crippen molar-refractivity contribution in [1.82, 2.24) is 0 Å². The van der Waals surface area contributed by atoms with E-state index in [1.807, 2.05) is 0 Å². The average Bonchev–Trinajstić information content (AvgIpc) is 2.39. The van der Waals surface area contributed by atoms with Crippen LogP contribution in [0.25, 0.3) is 0 Å². The van der Waals surface area contributed by atoms with Crippen molar-refractivity contribution >= 4 is 30.7 Å². The first-order chi connectivity index (χ1) is 8.02. The van der Waals surface area contributed by atoms with Crippen LogP contribution in [-0.4, -0.2) is 66.3 Å².